The van der Waals surface area contributed by atoms with Gasteiger partial charge in [-0.3, -0.25) is 0 Å². The van der Waals surface area contributed by atoms with Crippen molar-refractivity contribution in [2.45, 2.75) is 25.9 Å². The van der Waals surface area contributed by atoms with E-state index in [4.69, 9.17) is 5.73 Å². The molecule has 0 atom stereocenters. The number of fused-ring (bicyclic) bond motifs is 1. The second-order valence-corrected chi connectivity index (χ2v) is 5.59. The van der Waals surface area contributed by atoms with Crippen LogP contribution in [-0.4, -0.2) is 15.0 Å². The van der Waals surface area contributed by atoms with Gasteiger partial charge in [-0.2, -0.15) is 13.2 Å². The molecule has 0 radical (unpaired) electrons. The topological polar surface area (TPSA) is 67.6 Å². The molecule has 0 aliphatic carbocycles. The minimum atomic E-state index is -4.50. The van der Waals surface area contributed by atoms with E-state index in [1.165, 1.54) is 0 Å². The molecule has 4 nitrogen and oxygen atoms in total. The molecule has 23 heavy (non-hydrogen) atoms. The van der Waals surface area contributed by atoms with Crippen LogP contribution in [0.1, 0.15) is 31.0 Å². The van der Waals surface area contributed by atoms with Gasteiger partial charge in [0.15, 0.2) is 5.82 Å². The van der Waals surface area contributed by atoms with Crippen LogP contribution in [0.25, 0.3) is 22.4 Å². The molecule has 2 aromatic heterocycles. The highest BCUT2D eigenvalue weighted by molar-refractivity contribution is 5.92. The molecule has 120 valence electrons. The van der Waals surface area contributed by atoms with Gasteiger partial charge in [-0.1, -0.05) is 44.2 Å². The summed E-state index contributed by atoms with van der Waals surface area (Å²) in [5, 5.41) is 0.243. The van der Waals surface area contributed by atoms with Crippen LogP contribution in [0, 0.1) is 0 Å². The van der Waals surface area contributed by atoms with E-state index < -0.39 is 11.9 Å². The summed E-state index contributed by atoms with van der Waals surface area (Å²) >= 11 is 0. The van der Waals surface area contributed by atoms with Crippen LogP contribution in [0.15, 0.2) is 30.3 Å². The highest BCUT2D eigenvalue weighted by Gasteiger charge is 2.38. The lowest BCUT2D eigenvalue weighted by molar-refractivity contribution is -0.141. The normalized spacial score (nSPS) is 12.3. The predicted octanol–water partition coefficient (Wildman–Crippen LogP) is 4.35. The molecular weight excluding hydrogens is 305 g/mol. The van der Waals surface area contributed by atoms with Crippen LogP contribution in [0.2, 0.25) is 0 Å². The standard InChI is InChI=1S/C16H15F3N4/c1-8(2)10-11-13(20)22-14(9-6-4-3-5-7-9)23-15(11)21-12(10)16(17,18)19/h3-8H,1-2H3,(H3,20,21,22,23). The number of halogens is 3. The highest BCUT2D eigenvalue weighted by atomic mass is 19.4. The predicted molar refractivity (Wildman–Crippen MR) is 82.8 cm³/mol. The molecule has 0 unspecified atom stereocenters. The monoisotopic (exact) mass is 320 g/mol. The van der Waals surface area contributed by atoms with Crippen LogP contribution in [0.5, 0.6) is 0 Å². The van der Waals surface area contributed by atoms with Crippen LogP contribution in [0.4, 0.5) is 19.0 Å². The van der Waals surface area contributed by atoms with Crippen LogP contribution in [0.3, 0.4) is 0 Å². The molecular formula is C16H15F3N4. The Balaban J connectivity index is 2.31. The van der Waals surface area contributed by atoms with Gasteiger partial charge >= 0.3 is 6.18 Å². The Bertz CT molecular complexity index is 851. The Morgan fingerprint density at radius 1 is 1.09 bits per heavy atom. The van der Waals surface area contributed by atoms with Gasteiger partial charge in [0.25, 0.3) is 0 Å². The number of aromatic amines is 1. The summed E-state index contributed by atoms with van der Waals surface area (Å²) in [5.74, 6) is -0.0287. The Labute approximate surface area is 130 Å². The van der Waals surface area contributed by atoms with Gasteiger partial charge in [0.2, 0.25) is 0 Å². The molecule has 7 heteroatoms. The summed E-state index contributed by atoms with van der Waals surface area (Å²) in [6, 6.07) is 8.98. The van der Waals surface area contributed by atoms with E-state index >= 15 is 0 Å². The number of nitrogens with zero attached hydrogens (tertiary/aromatic N) is 2. The summed E-state index contributed by atoms with van der Waals surface area (Å²) in [4.78, 5) is 10.8. The molecule has 3 aromatic rings. The van der Waals surface area contributed by atoms with Crippen molar-refractivity contribution in [3.05, 3.63) is 41.6 Å². The third-order valence-electron chi connectivity index (χ3n) is 3.61. The number of H-pyrrole nitrogens is 1. The number of aromatic nitrogens is 3. The first-order valence-electron chi connectivity index (χ1n) is 7.10. The number of hydrogen-bond donors (Lipinski definition) is 2. The maximum atomic E-state index is 13.3. The first kappa shape index (κ1) is 15.3. The molecule has 0 amide bonds. The fraction of sp³-hybridized carbons (Fsp3) is 0.250. The maximum absolute atomic E-state index is 13.3. The number of nitrogens with two attached hydrogens (primary N) is 1. The van der Waals surface area contributed by atoms with Gasteiger partial charge in [-0.15, -0.1) is 0 Å². The van der Waals surface area contributed by atoms with E-state index in [1.807, 2.05) is 6.07 Å². The number of nitrogens with one attached hydrogen (secondary N) is 1. The molecule has 0 saturated heterocycles. The van der Waals surface area contributed by atoms with E-state index in [1.54, 1.807) is 38.1 Å². The molecule has 0 aliphatic heterocycles. The molecule has 1 aromatic carbocycles. The van der Waals surface area contributed by atoms with Gasteiger partial charge in [-0.05, 0) is 11.5 Å². The van der Waals surface area contributed by atoms with Crippen LogP contribution < -0.4 is 5.73 Å². The van der Waals surface area contributed by atoms with Crippen LogP contribution in [-0.2, 0) is 6.18 Å². The third-order valence-corrected chi connectivity index (χ3v) is 3.61. The minimum absolute atomic E-state index is 0.0457. The Hall–Kier alpha value is -2.57. The van der Waals surface area contributed by atoms with Crippen molar-refractivity contribution >= 4 is 16.9 Å². The number of rotatable bonds is 2. The summed E-state index contributed by atoms with van der Waals surface area (Å²) in [5.41, 5.74) is 6.04. The van der Waals surface area contributed by atoms with Crippen molar-refractivity contribution in [3.8, 4) is 11.4 Å². The van der Waals surface area contributed by atoms with Crippen molar-refractivity contribution in [1.29, 1.82) is 0 Å². The van der Waals surface area contributed by atoms with Crippen molar-refractivity contribution < 1.29 is 13.2 Å². The van der Waals surface area contributed by atoms with Crippen molar-refractivity contribution in [1.82, 2.24) is 15.0 Å². The third kappa shape index (κ3) is 2.62. The SMILES string of the molecule is CC(C)c1c(C(F)(F)F)[nH]c2nc(-c3ccccc3)nc(N)c12. The van der Waals surface area contributed by atoms with E-state index in [2.05, 4.69) is 15.0 Å². The largest absolute Gasteiger partial charge is 0.431 e. The molecule has 2 heterocycles. The lowest BCUT2D eigenvalue weighted by atomic mass is 10.00. The van der Waals surface area contributed by atoms with E-state index in [0.29, 0.717) is 11.4 Å². The van der Waals surface area contributed by atoms with E-state index in [9.17, 15) is 13.2 Å². The lowest BCUT2D eigenvalue weighted by Crippen LogP contribution is -2.09. The van der Waals surface area contributed by atoms with E-state index in [0.717, 1.165) is 0 Å². The maximum Gasteiger partial charge on any atom is 0.431 e. The molecule has 0 bridgehead atoms. The average Bonchev–Trinajstić information content (AvgIpc) is 2.88. The first-order chi connectivity index (χ1) is 10.8. The summed E-state index contributed by atoms with van der Waals surface area (Å²) < 4.78 is 39.8. The quantitative estimate of drug-likeness (QED) is 0.737. The smallest absolute Gasteiger partial charge is 0.383 e. The number of nitrogen functional groups attached to an aromatic ring is 1. The highest BCUT2D eigenvalue weighted by Crippen LogP contribution is 2.40. The molecule has 3 rings (SSSR count). The second kappa shape index (κ2) is 5.26. The number of anilines is 1. The van der Waals surface area contributed by atoms with Crippen molar-refractivity contribution in [2.75, 3.05) is 5.73 Å². The van der Waals surface area contributed by atoms with Gasteiger partial charge in [-0.25, -0.2) is 9.97 Å². The molecule has 0 saturated carbocycles. The Kier molecular flexibility index (Phi) is 3.50. The second-order valence-electron chi connectivity index (χ2n) is 5.59. The summed E-state index contributed by atoms with van der Waals surface area (Å²) in [6.07, 6.45) is -4.50. The zero-order chi connectivity index (χ0) is 16.8. The number of benzene rings is 1. The molecule has 0 aliphatic rings. The van der Waals surface area contributed by atoms with Gasteiger partial charge in [0.1, 0.15) is 17.2 Å². The number of alkyl halides is 3. The van der Waals surface area contributed by atoms with E-state index in [-0.39, 0.29) is 28.3 Å². The Morgan fingerprint density at radius 3 is 2.30 bits per heavy atom. The Morgan fingerprint density at radius 2 is 1.74 bits per heavy atom. The molecule has 3 N–H and O–H groups in total. The zero-order valence-corrected chi connectivity index (χ0v) is 12.6. The van der Waals surface area contributed by atoms with Crippen molar-refractivity contribution in [2.24, 2.45) is 0 Å². The van der Waals surface area contributed by atoms with Crippen LogP contribution >= 0.6 is 0 Å². The fourth-order valence-electron chi connectivity index (χ4n) is 2.66. The minimum Gasteiger partial charge on any atom is -0.383 e. The number of hydrogen-bond acceptors (Lipinski definition) is 3. The fourth-order valence-corrected chi connectivity index (χ4v) is 2.66. The summed E-state index contributed by atoms with van der Waals surface area (Å²) in [6.45, 7) is 3.37. The first-order valence-corrected chi connectivity index (χ1v) is 7.10. The zero-order valence-electron chi connectivity index (χ0n) is 12.6. The van der Waals surface area contributed by atoms with Gasteiger partial charge in [0.05, 0.1) is 5.39 Å². The summed E-state index contributed by atoms with van der Waals surface area (Å²) in [7, 11) is 0. The molecule has 0 fully saturated rings. The van der Waals surface area contributed by atoms with Gasteiger partial charge in [0, 0.05) is 5.56 Å². The van der Waals surface area contributed by atoms with Crippen molar-refractivity contribution in [3.63, 3.8) is 0 Å². The average molecular weight is 320 g/mol. The lowest BCUT2D eigenvalue weighted by Gasteiger charge is -2.11. The molecule has 0 spiro atoms. The van der Waals surface area contributed by atoms with Gasteiger partial charge < -0.3 is 10.7 Å².